The van der Waals surface area contributed by atoms with Crippen LogP contribution in [0.1, 0.15) is 11.1 Å². The first-order chi connectivity index (χ1) is 14.8. The number of aromatic nitrogens is 2. The number of benzene rings is 2. The summed E-state index contributed by atoms with van der Waals surface area (Å²) in [6, 6.07) is 11.2. The molecule has 31 heavy (non-hydrogen) atoms. The number of nitrogens with one attached hydrogen (secondary N) is 2. The van der Waals surface area contributed by atoms with Crippen LogP contribution in [0.4, 0.5) is 15.9 Å². The number of anilines is 2. The summed E-state index contributed by atoms with van der Waals surface area (Å²) < 4.78 is 20.7. The van der Waals surface area contributed by atoms with Gasteiger partial charge in [0.1, 0.15) is 16.4 Å². The molecule has 0 atom stereocenters. The normalized spacial score (nSPS) is 11.0. The molecular weight excluding hydrogens is 462 g/mol. The predicted octanol–water partition coefficient (Wildman–Crippen LogP) is 5.60. The second kappa shape index (κ2) is 8.66. The van der Waals surface area contributed by atoms with Gasteiger partial charge in [-0.3, -0.25) is 4.68 Å². The summed E-state index contributed by atoms with van der Waals surface area (Å²) in [5, 5.41) is 11.9. The molecule has 0 saturated heterocycles. The fourth-order valence-electron chi connectivity index (χ4n) is 3.08. The number of thiocarbonyl (C=S) groups is 1. The van der Waals surface area contributed by atoms with Crippen LogP contribution in [-0.2, 0) is 6.54 Å². The third-order valence-corrected chi connectivity index (χ3v) is 5.37. The van der Waals surface area contributed by atoms with Crippen LogP contribution < -0.4 is 16.3 Å². The van der Waals surface area contributed by atoms with Gasteiger partial charge in [-0.05, 0) is 49.0 Å². The smallest absolute Gasteiger partial charge is 0.336 e. The topological polar surface area (TPSA) is 72.1 Å². The lowest BCUT2D eigenvalue weighted by atomic mass is 10.1. The summed E-state index contributed by atoms with van der Waals surface area (Å²) in [6.07, 6.45) is 1.54. The number of hydrogen-bond acceptors (Lipinski definition) is 4. The zero-order chi connectivity index (χ0) is 22.1. The highest BCUT2D eigenvalue weighted by Gasteiger charge is 2.13. The molecule has 0 aliphatic heterocycles. The minimum atomic E-state index is -0.427. The lowest BCUT2D eigenvalue weighted by Gasteiger charge is -2.10. The number of hydrogen-bond donors (Lipinski definition) is 2. The van der Waals surface area contributed by atoms with Gasteiger partial charge in [0.2, 0.25) is 0 Å². The molecule has 4 aromatic rings. The van der Waals surface area contributed by atoms with E-state index in [9.17, 15) is 9.18 Å². The number of aryl methyl sites for hydroxylation is 1. The van der Waals surface area contributed by atoms with Gasteiger partial charge in [-0.2, -0.15) is 5.10 Å². The molecule has 4 rings (SSSR count). The van der Waals surface area contributed by atoms with Crippen molar-refractivity contribution in [1.82, 2.24) is 9.78 Å². The molecule has 2 aromatic carbocycles. The van der Waals surface area contributed by atoms with Crippen LogP contribution in [0.2, 0.25) is 10.0 Å². The zero-order valence-corrected chi connectivity index (χ0v) is 18.4. The Balaban J connectivity index is 1.49. The molecule has 0 unspecified atom stereocenters. The molecule has 0 radical (unpaired) electrons. The molecule has 0 fully saturated rings. The third-order valence-electron chi connectivity index (χ3n) is 4.54. The Labute approximate surface area is 191 Å². The van der Waals surface area contributed by atoms with Crippen LogP contribution >= 0.6 is 35.4 Å². The van der Waals surface area contributed by atoms with Crippen LogP contribution in [-0.4, -0.2) is 14.9 Å². The Hall–Kier alpha value is -2.94. The fraction of sp³-hybridized carbons (Fsp3) is 0.0952. The molecule has 0 aliphatic rings. The van der Waals surface area contributed by atoms with Crippen molar-refractivity contribution in [2.75, 3.05) is 10.6 Å². The van der Waals surface area contributed by atoms with E-state index in [0.717, 1.165) is 10.9 Å². The van der Waals surface area contributed by atoms with Crippen molar-refractivity contribution in [1.29, 1.82) is 0 Å². The third kappa shape index (κ3) is 4.71. The highest BCUT2D eigenvalue weighted by atomic mass is 35.5. The summed E-state index contributed by atoms with van der Waals surface area (Å²) in [4.78, 5) is 11.6. The Kier molecular flexibility index (Phi) is 5.95. The monoisotopic (exact) mass is 476 g/mol. The van der Waals surface area contributed by atoms with Crippen LogP contribution in [0, 0.1) is 12.7 Å². The van der Waals surface area contributed by atoms with Crippen LogP contribution in [0.5, 0.6) is 0 Å². The number of rotatable bonds is 4. The number of nitrogens with zero attached hydrogens (tertiary/aromatic N) is 2. The Morgan fingerprint density at radius 3 is 2.77 bits per heavy atom. The average molecular weight is 477 g/mol. The molecule has 6 nitrogen and oxygen atoms in total. The van der Waals surface area contributed by atoms with E-state index in [1.165, 1.54) is 22.9 Å². The fourth-order valence-corrected chi connectivity index (χ4v) is 3.72. The molecule has 0 spiro atoms. The van der Waals surface area contributed by atoms with Gasteiger partial charge in [-0.1, -0.05) is 29.3 Å². The standard InChI is InChI=1S/C21H15Cl2FN4O2S/c1-11-7-19(29)30-18-8-12(5-6-13(11)18)25-21(31)26-20-16(23)10-28(27-20)9-14-15(22)3-2-4-17(14)24/h2-8,10H,9H2,1H3,(H2,25,26,27,31). The summed E-state index contributed by atoms with van der Waals surface area (Å²) in [5.41, 5.74) is 1.78. The van der Waals surface area contributed by atoms with Gasteiger partial charge in [-0.25, -0.2) is 9.18 Å². The van der Waals surface area contributed by atoms with E-state index in [-0.39, 0.29) is 11.7 Å². The minimum Gasteiger partial charge on any atom is -0.423 e. The van der Waals surface area contributed by atoms with Gasteiger partial charge in [0.05, 0.1) is 6.54 Å². The average Bonchev–Trinajstić information content (AvgIpc) is 3.03. The molecule has 10 heteroatoms. The van der Waals surface area contributed by atoms with E-state index in [0.29, 0.717) is 32.7 Å². The van der Waals surface area contributed by atoms with Crippen LogP contribution in [0.15, 0.2) is 57.9 Å². The first kappa shape index (κ1) is 21.3. The van der Waals surface area contributed by atoms with Crippen molar-refractivity contribution in [2.45, 2.75) is 13.5 Å². The van der Waals surface area contributed by atoms with E-state index in [2.05, 4.69) is 15.7 Å². The molecule has 2 aromatic heterocycles. The Bertz CT molecular complexity index is 1350. The molecule has 0 bridgehead atoms. The first-order valence-corrected chi connectivity index (χ1v) is 10.2. The summed E-state index contributed by atoms with van der Waals surface area (Å²) in [6.45, 7) is 1.95. The lowest BCUT2D eigenvalue weighted by Crippen LogP contribution is -2.19. The van der Waals surface area contributed by atoms with Crippen molar-refractivity contribution in [3.05, 3.63) is 86.1 Å². The summed E-state index contributed by atoms with van der Waals surface area (Å²) in [5.74, 6) is -0.126. The quantitative estimate of drug-likeness (QED) is 0.295. The molecule has 0 amide bonds. The van der Waals surface area contributed by atoms with Crippen LogP contribution in [0.25, 0.3) is 11.0 Å². The second-order valence-corrected chi connectivity index (χ2v) is 7.98. The van der Waals surface area contributed by atoms with Crippen LogP contribution in [0.3, 0.4) is 0 Å². The molecular formula is C21H15Cl2FN4O2S. The Morgan fingerprint density at radius 1 is 1.19 bits per heavy atom. The van der Waals surface area contributed by atoms with Gasteiger partial charge < -0.3 is 15.1 Å². The number of fused-ring (bicyclic) bond motifs is 1. The summed E-state index contributed by atoms with van der Waals surface area (Å²) in [7, 11) is 0. The van der Waals surface area contributed by atoms with Gasteiger partial charge in [0.15, 0.2) is 10.9 Å². The van der Waals surface area contributed by atoms with Crippen molar-refractivity contribution >= 4 is 63.0 Å². The summed E-state index contributed by atoms with van der Waals surface area (Å²) >= 11 is 17.6. The van der Waals surface area contributed by atoms with E-state index in [1.807, 2.05) is 19.1 Å². The highest BCUT2D eigenvalue weighted by Crippen LogP contribution is 2.25. The minimum absolute atomic E-state index is 0.107. The first-order valence-electron chi connectivity index (χ1n) is 9.08. The maximum Gasteiger partial charge on any atom is 0.336 e. The van der Waals surface area contributed by atoms with Crippen molar-refractivity contribution in [3.8, 4) is 0 Å². The van der Waals surface area contributed by atoms with Gasteiger partial charge in [0.25, 0.3) is 0 Å². The number of halogens is 3. The lowest BCUT2D eigenvalue weighted by molar-refractivity contribution is 0.560. The van der Waals surface area contributed by atoms with Crippen molar-refractivity contribution in [2.24, 2.45) is 0 Å². The van der Waals surface area contributed by atoms with E-state index < -0.39 is 11.4 Å². The maximum atomic E-state index is 14.0. The highest BCUT2D eigenvalue weighted by molar-refractivity contribution is 7.80. The van der Waals surface area contributed by atoms with Crippen molar-refractivity contribution < 1.29 is 8.81 Å². The van der Waals surface area contributed by atoms with Gasteiger partial charge in [-0.15, -0.1) is 0 Å². The molecule has 2 heterocycles. The Morgan fingerprint density at radius 2 is 2.00 bits per heavy atom. The zero-order valence-electron chi connectivity index (χ0n) is 16.1. The van der Waals surface area contributed by atoms with E-state index >= 15 is 0 Å². The molecule has 158 valence electrons. The van der Waals surface area contributed by atoms with Gasteiger partial charge >= 0.3 is 5.63 Å². The largest absolute Gasteiger partial charge is 0.423 e. The maximum absolute atomic E-state index is 14.0. The molecule has 0 saturated carbocycles. The van der Waals surface area contributed by atoms with Crippen molar-refractivity contribution in [3.63, 3.8) is 0 Å². The molecule has 2 N–H and O–H groups in total. The molecule has 0 aliphatic carbocycles. The van der Waals surface area contributed by atoms with E-state index in [1.54, 1.807) is 18.3 Å². The van der Waals surface area contributed by atoms with Gasteiger partial charge in [0, 0.05) is 40.0 Å². The second-order valence-electron chi connectivity index (χ2n) is 6.76. The SMILES string of the molecule is Cc1cc(=O)oc2cc(NC(=S)Nc3nn(Cc4c(F)cccc4Cl)cc3Cl)ccc12. The van der Waals surface area contributed by atoms with E-state index in [4.69, 9.17) is 39.8 Å². The predicted molar refractivity (Wildman–Crippen MR) is 125 cm³/mol.